The molecular formula is C19H32N2O4. The summed E-state index contributed by atoms with van der Waals surface area (Å²) in [6.45, 7) is 6.91. The Kier molecular flexibility index (Phi) is 5.02. The molecule has 1 heterocycles. The van der Waals surface area contributed by atoms with Crippen LogP contribution in [0.5, 0.6) is 0 Å². The molecule has 2 amide bonds. The number of nitrogens with zero attached hydrogens (tertiary/aromatic N) is 1. The van der Waals surface area contributed by atoms with Gasteiger partial charge in [-0.25, -0.2) is 4.79 Å². The highest BCUT2D eigenvalue weighted by molar-refractivity contribution is 5.85. The first-order chi connectivity index (χ1) is 11.7. The van der Waals surface area contributed by atoms with Crippen LogP contribution in [0.3, 0.4) is 0 Å². The lowest BCUT2D eigenvalue weighted by atomic mass is 9.67. The maximum atomic E-state index is 13.0. The van der Waals surface area contributed by atoms with Crippen molar-refractivity contribution in [1.29, 1.82) is 0 Å². The SMILES string of the molecule is CC(C)(C)OC(=O)N1C[C@@H]2CCCC[C@@]2(C(=O)NCC(O)C2CC2)C1. The molecule has 2 saturated carbocycles. The summed E-state index contributed by atoms with van der Waals surface area (Å²) in [5.74, 6) is 0.539. The number of hydrogen-bond acceptors (Lipinski definition) is 4. The van der Waals surface area contributed by atoms with Crippen LogP contribution >= 0.6 is 0 Å². The van der Waals surface area contributed by atoms with Crippen molar-refractivity contribution < 1.29 is 19.4 Å². The van der Waals surface area contributed by atoms with Crippen LogP contribution in [0.2, 0.25) is 0 Å². The van der Waals surface area contributed by atoms with Crippen molar-refractivity contribution in [3.05, 3.63) is 0 Å². The molecule has 6 nitrogen and oxygen atoms in total. The van der Waals surface area contributed by atoms with E-state index in [9.17, 15) is 14.7 Å². The number of fused-ring (bicyclic) bond motifs is 1. The summed E-state index contributed by atoms with van der Waals surface area (Å²) in [6, 6.07) is 0. The Hall–Kier alpha value is -1.30. The van der Waals surface area contributed by atoms with E-state index < -0.39 is 17.1 Å². The van der Waals surface area contributed by atoms with Gasteiger partial charge in [0, 0.05) is 19.6 Å². The van der Waals surface area contributed by atoms with Gasteiger partial charge in [-0.2, -0.15) is 0 Å². The zero-order valence-electron chi connectivity index (χ0n) is 15.7. The van der Waals surface area contributed by atoms with Gasteiger partial charge in [0.15, 0.2) is 0 Å². The number of rotatable bonds is 4. The smallest absolute Gasteiger partial charge is 0.410 e. The van der Waals surface area contributed by atoms with E-state index in [2.05, 4.69) is 5.32 Å². The third-order valence-corrected chi connectivity index (χ3v) is 5.86. The first kappa shape index (κ1) is 18.5. The summed E-state index contributed by atoms with van der Waals surface area (Å²) in [7, 11) is 0. The summed E-state index contributed by atoms with van der Waals surface area (Å²) in [6.07, 6.45) is 5.23. The summed E-state index contributed by atoms with van der Waals surface area (Å²) < 4.78 is 5.51. The lowest BCUT2D eigenvalue weighted by molar-refractivity contribution is -0.134. The number of ether oxygens (including phenoxy) is 1. The topological polar surface area (TPSA) is 78.9 Å². The Labute approximate surface area is 150 Å². The fourth-order valence-electron chi connectivity index (χ4n) is 4.31. The largest absolute Gasteiger partial charge is 0.444 e. The average Bonchev–Trinajstić information content (AvgIpc) is 3.30. The Balaban J connectivity index is 1.66. The first-order valence-electron chi connectivity index (χ1n) is 9.65. The van der Waals surface area contributed by atoms with Crippen molar-refractivity contribution in [1.82, 2.24) is 10.2 Å². The molecule has 0 aromatic rings. The summed E-state index contributed by atoms with van der Waals surface area (Å²) in [4.78, 5) is 27.2. The zero-order chi connectivity index (χ0) is 18.2. The summed E-state index contributed by atoms with van der Waals surface area (Å²) in [5, 5.41) is 13.0. The molecule has 3 atom stereocenters. The van der Waals surface area contributed by atoms with E-state index in [1.165, 1.54) is 0 Å². The molecule has 1 unspecified atom stereocenters. The highest BCUT2D eigenvalue weighted by Gasteiger charge is 2.54. The summed E-state index contributed by atoms with van der Waals surface area (Å²) >= 11 is 0. The number of nitrogens with one attached hydrogen (secondary N) is 1. The standard InChI is InChI=1S/C19H32N2O4/c1-18(2,3)25-17(24)21-11-14-6-4-5-9-19(14,12-21)16(23)20-10-15(22)13-7-8-13/h13-15,22H,4-12H2,1-3H3,(H,20,23)/t14-,15?,19+/m0/s1. The maximum absolute atomic E-state index is 13.0. The second-order valence-corrected chi connectivity index (χ2v) is 9.07. The van der Waals surface area contributed by atoms with Crippen molar-refractivity contribution in [2.45, 2.75) is 71.0 Å². The number of carbonyl (C=O) groups excluding carboxylic acids is 2. The fraction of sp³-hybridized carbons (Fsp3) is 0.895. The van der Waals surface area contributed by atoms with Crippen molar-refractivity contribution in [3.63, 3.8) is 0 Å². The Morgan fingerprint density at radius 2 is 2.00 bits per heavy atom. The van der Waals surface area contributed by atoms with Gasteiger partial charge in [-0.15, -0.1) is 0 Å². The van der Waals surface area contributed by atoms with Crippen LogP contribution in [-0.4, -0.2) is 53.3 Å². The number of carbonyl (C=O) groups is 2. The minimum atomic E-state index is -0.533. The van der Waals surface area contributed by atoms with Gasteiger partial charge in [0.1, 0.15) is 5.60 Å². The number of likely N-dealkylation sites (tertiary alicyclic amines) is 1. The third-order valence-electron chi connectivity index (χ3n) is 5.86. The molecule has 3 fully saturated rings. The van der Waals surface area contributed by atoms with Crippen LogP contribution in [0, 0.1) is 17.3 Å². The second kappa shape index (κ2) is 6.78. The second-order valence-electron chi connectivity index (χ2n) is 9.07. The molecule has 0 aromatic heterocycles. The zero-order valence-corrected chi connectivity index (χ0v) is 15.7. The molecule has 6 heteroatoms. The Morgan fingerprint density at radius 1 is 1.28 bits per heavy atom. The van der Waals surface area contributed by atoms with E-state index >= 15 is 0 Å². The normalized spacial score (nSPS) is 30.6. The molecule has 0 spiro atoms. The quantitative estimate of drug-likeness (QED) is 0.814. The Bertz CT molecular complexity index is 526. The van der Waals surface area contributed by atoms with Crippen molar-refractivity contribution in [2.75, 3.05) is 19.6 Å². The maximum Gasteiger partial charge on any atom is 0.410 e. The molecule has 142 valence electrons. The molecule has 25 heavy (non-hydrogen) atoms. The monoisotopic (exact) mass is 352 g/mol. The number of amides is 2. The minimum Gasteiger partial charge on any atom is -0.444 e. The number of aliphatic hydroxyl groups excluding tert-OH is 1. The van der Waals surface area contributed by atoms with Crippen molar-refractivity contribution in [2.24, 2.45) is 17.3 Å². The molecule has 0 radical (unpaired) electrons. The Morgan fingerprint density at radius 3 is 2.64 bits per heavy atom. The van der Waals surface area contributed by atoms with Gasteiger partial charge >= 0.3 is 6.09 Å². The molecule has 3 aliphatic rings. The van der Waals surface area contributed by atoms with E-state index in [0.29, 0.717) is 25.6 Å². The van der Waals surface area contributed by atoms with Crippen LogP contribution in [0.1, 0.15) is 59.3 Å². The lowest BCUT2D eigenvalue weighted by Gasteiger charge is -2.37. The fourth-order valence-corrected chi connectivity index (χ4v) is 4.31. The number of aliphatic hydroxyl groups is 1. The first-order valence-corrected chi connectivity index (χ1v) is 9.65. The average molecular weight is 352 g/mol. The van der Waals surface area contributed by atoms with Crippen LogP contribution in [0.15, 0.2) is 0 Å². The highest BCUT2D eigenvalue weighted by atomic mass is 16.6. The van der Waals surface area contributed by atoms with E-state index in [0.717, 1.165) is 38.5 Å². The van der Waals surface area contributed by atoms with Crippen molar-refractivity contribution >= 4 is 12.0 Å². The van der Waals surface area contributed by atoms with Crippen LogP contribution in [0.4, 0.5) is 4.79 Å². The molecule has 1 saturated heterocycles. The van der Waals surface area contributed by atoms with E-state index in [4.69, 9.17) is 4.74 Å². The molecule has 0 aromatic carbocycles. The third kappa shape index (κ3) is 4.10. The van der Waals surface area contributed by atoms with Crippen LogP contribution in [-0.2, 0) is 9.53 Å². The predicted molar refractivity (Wildman–Crippen MR) is 93.9 cm³/mol. The van der Waals surface area contributed by atoms with Gasteiger partial charge in [0.2, 0.25) is 5.91 Å². The van der Waals surface area contributed by atoms with Gasteiger partial charge in [-0.05, 0) is 58.3 Å². The van der Waals surface area contributed by atoms with E-state index in [-0.39, 0.29) is 17.9 Å². The van der Waals surface area contributed by atoms with Gasteiger partial charge < -0.3 is 20.1 Å². The number of hydrogen-bond donors (Lipinski definition) is 2. The molecule has 1 aliphatic heterocycles. The molecule has 3 rings (SSSR count). The van der Waals surface area contributed by atoms with Crippen molar-refractivity contribution in [3.8, 4) is 0 Å². The molecule has 2 aliphatic carbocycles. The highest BCUT2D eigenvalue weighted by Crippen LogP contribution is 2.47. The lowest BCUT2D eigenvalue weighted by Crippen LogP contribution is -2.50. The molecular weight excluding hydrogens is 320 g/mol. The minimum absolute atomic E-state index is 0.00274. The van der Waals surface area contributed by atoms with Crippen LogP contribution in [0.25, 0.3) is 0 Å². The van der Waals surface area contributed by atoms with E-state index in [1.54, 1.807) is 4.90 Å². The van der Waals surface area contributed by atoms with Gasteiger partial charge in [-0.1, -0.05) is 12.8 Å². The molecule has 0 bridgehead atoms. The predicted octanol–water partition coefficient (Wildman–Crippen LogP) is 2.30. The van der Waals surface area contributed by atoms with Gasteiger partial charge in [-0.3, -0.25) is 4.79 Å². The van der Waals surface area contributed by atoms with E-state index in [1.807, 2.05) is 20.8 Å². The van der Waals surface area contributed by atoms with Gasteiger partial charge in [0.05, 0.1) is 11.5 Å². The summed E-state index contributed by atoms with van der Waals surface area (Å²) in [5.41, 5.74) is -1.05. The van der Waals surface area contributed by atoms with Crippen LogP contribution < -0.4 is 5.32 Å². The molecule has 2 N–H and O–H groups in total. The van der Waals surface area contributed by atoms with Gasteiger partial charge in [0.25, 0.3) is 0 Å².